The molecule has 1 aromatic heterocycles. The van der Waals surface area contributed by atoms with E-state index in [2.05, 4.69) is 18.8 Å². The number of aryl methyl sites for hydroxylation is 1. The van der Waals surface area contributed by atoms with Gasteiger partial charge in [-0.05, 0) is 44.2 Å². The van der Waals surface area contributed by atoms with Gasteiger partial charge in [-0.25, -0.2) is 4.98 Å². The van der Waals surface area contributed by atoms with E-state index in [0.717, 1.165) is 50.8 Å². The Bertz CT molecular complexity index is 488. The zero-order valence-corrected chi connectivity index (χ0v) is 13.8. The molecule has 0 bridgehead atoms. The van der Waals surface area contributed by atoms with Crippen LogP contribution in [-0.2, 0) is 6.42 Å². The lowest BCUT2D eigenvalue weighted by Gasteiger charge is -2.36. The lowest BCUT2D eigenvalue weighted by molar-refractivity contribution is 0.0600. The minimum atomic E-state index is 0.120. The first-order chi connectivity index (χ1) is 10.2. The lowest BCUT2D eigenvalue weighted by Crippen LogP contribution is -2.43. The molecule has 0 radical (unpaired) electrons. The van der Waals surface area contributed by atoms with E-state index in [4.69, 9.17) is 11.6 Å². The predicted molar refractivity (Wildman–Crippen MR) is 86.8 cm³/mol. The van der Waals surface area contributed by atoms with Crippen LogP contribution in [0.15, 0.2) is 12.1 Å². The van der Waals surface area contributed by atoms with Gasteiger partial charge in [-0.1, -0.05) is 38.3 Å². The number of rotatable bonds is 5. The summed E-state index contributed by atoms with van der Waals surface area (Å²) in [4.78, 5) is 19.2. The number of pyridine rings is 1. The number of hydrogen-bond donors (Lipinski definition) is 0. The first-order valence-corrected chi connectivity index (χ1v) is 8.51. The first-order valence-electron chi connectivity index (χ1n) is 8.13. The Kier molecular flexibility index (Phi) is 6.04. The molecule has 0 aliphatic carbocycles. The van der Waals surface area contributed by atoms with E-state index in [1.807, 2.05) is 11.0 Å². The molecule has 1 atom stereocenters. The fourth-order valence-electron chi connectivity index (χ4n) is 3.13. The first kappa shape index (κ1) is 16.3. The molecule has 21 heavy (non-hydrogen) atoms. The van der Waals surface area contributed by atoms with Crippen molar-refractivity contribution in [1.29, 1.82) is 0 Å². The summed E-state index contributed by atoms with van der Waals surface area (Å²) in [5, 5.41) is 0.424. The van der Waals surface area contributed by atoms with Gasteiger partial charge in [-0.15, -0.1) is 0 Å². The van der Waals surface area contributed by atoms with E-state index in [0.29, 0.717) is 16.8 Å². The quantitative estimate of drug-likeness (QED) is 0.751. The summed E-state index contributed by atoms with van der Waals surface area (Å²) in [6.45, 7) is 5.15. The maximum absolute atomic E-state index is 12.8. The summed E-state index contributed by atoms with van der Waals surface area (Å²) in [7, 11) is 0. The summed E-state index contributed by atoms with van der Waals surface area (Å²) >= 11 is 6.08. The number of aromatic nitrogens is 1. The van der Waals surface area contributed by atoms with Gasteiger partial charge in [0.2, 0.25) is 0 Å². The molecular weight excluding hydrogens is 284 g/mol. The number of nitrogens with zero attached hydrogens (tertiary/aromatic N) is 2. The molecule has 1 aliphatic rings. The van der Waals surface area contributed by atoms with Crippen LogP contribution in [0.1, 0.15) is 68.4 Å². The monoisotopic (exact) mass is 308 g/mol. The molecule has 1 amide bonds. The Labute approximate surface area is 132 Å². The number of carbonyl (C=O) groups is 1. The topological polar surface area (TPSA) is 33.2 Å². The number of piperidine rings is 1. The Hall–Kier alpha value is -1.09. The summed E-state index contributed by atoms with van der Waals surface area (Å²) in [5.41, 5.74) is 1.61. The minimum absolute atomic E-state index is 0.120. The number of carbonyl (C=O) groups excluding carboxylic acids is 1. The molecule has 1 unspecified atom stereocenters. The van der Waals surface area contributed by atoms with Gasteiger partial charge in [0.05, 0.1) is 0 Å². The molecule has 0 N–H and O–H groups in total. The van der Waals surface area contributed by atoms with Crippen molar-refractivity contribution in [2.75, 3.05) is 6.54 Å². The lowest BCUT2D eigenvalue weighted by atomic mass is 9.97. The molecule has 0 spiro atoms. The normalized spacial score (nSPS) is 18.8. The van der Waals surface area contributed by atoms with Gasteiger partial charge in [0.1, 0.15) is 5.15 Å². The zero-order valence-electron chi connectivity index (χ0n) is 13.1. The Morgan fingerprint density at radius 3 is 2.86 bits per heavy atom. The van der Waals surface area contributed by atoms with Crippen LogP contribution in [0.4, 0.5) is 0 Å². The molecular formula is C17H25ClN2O. The average molecular weight is 309 g/mol. The van der Waals surface area contributed by atoms with Gasteiger partial charge in [0, 0.05) is 23.8 Å². The molecule has 3 nitrogen and oxygen atoms in total. The molecule has 0 aromatic carbocycles. The van der Waals surface area contributed by atoms with Crippen molar-refractivity contribution in [3.63, 3.8) is 0 Å². The summed E-state index contributed by atoms with van der Waals surface area (Å²) in [5.74, 6) is 0.120. The molecule has 2 heterocycles. The van der Waals surface area contributed by atoms with Gasteiger partial charge in [0.25, 0.3) is 5.91 Å². The summed E-state index contributed by atoms with van der Waals surface area (Å²) in [6, 6.07) is 4.01. The second-order valence-electron chi connectivity index (χ2n) is 5.86. The van der Waals surface area contributed by atoms with Crippen LogP contribution in [-0.4, -0.2) is 28.4 Å². The van der Waals surface area contributed by atoms with Gasteiger partial charge >= 0.3 is 0 Å². The van der Waals surface area contributed by atoms with Crippen molar-refractivity contribution in [3.05, 3.63) is 28.5 Å². The van der Waals surface area contributed by atoms with E-state index < -0.39 is 0 Å². The largest absolute Gasteiger partial charge is 0.336 e. The van der Waals surface area contributed by atoms with Crippen LogP contribution in [0.5, 0.6) is 0 Å². The van der Waals surface area contributed by atoms with Crippen LogP contribution in [0, 0.1) is 0 Å². The van der Waals surface area contributed by atoms with E-state index in [1.54, 1.807) is 6.07 Å². The zero-order chi connectivity index (χ0) is 15.2. The van der Waals surface area contributed by atoms with Gasteiger partial charge in [-0.2, -0.15) is 0 Å². The SMILES string of the molecule is CCCc1cc(C(=O)N2CCCCC2CCC)cc(Cl)n1. The summed E-state index contributed by atoms with van der Waals surface area (Å²) < 4.78 is 0. The molecule has 1 aromatic rings. The predicted octanol–water partition coefficient (Wildman–Crippen LogP) is 4.48. The highest BCUT2D eigenvalue weighted by Crippen LogP contribution is 2.24. The standard InChI is InChI=1S/C17H25ClN2O/c1-3-7-14-11-13(12-16(18)19-14)17(21)20-10-6-5-9-15(20)8-4-2/h11-12,15H,3-10H2,1-2H3. The van der Waals surface area contributed by atoms with Gasteiger partial charge < -0.3 is 4.90 Å². The van der Waals surface area contributed by atoms with Crippen LogP contribution in [0.2, 0.25) is 5.15 Å². The third-order valence-corrected chi connectivity index (χ3v) is 4.30. The van der Waals surface area contributed by atoms with E-state index in [9.17, 15) is 4.79 Å². The Morgan fingerprint density at radius 2 is 2.14 bits per heavy atom. The third-order valence-electron chi connectivity index (χ3n) is 4.11. The average Bonchev–Trinajstić information content (AvgIpc) is 2.47. The summed E-state index contributed by atoms with van der Waals surface area (Å²) in [6.07, 6.45) is 7.53. The van der Waals surface area contributed by atoms with Crippen molar-refractivity contribution in [2.24, 2.45) is 0 Å². The molecule has 4 heteroatoms. The Balaban J connectivity index is 2.21. The smallest absolute Gasteiger partial charge is 0.254 e. The highest BCUT2D eigenvalue weighted by molar-refractivity contribution is 6.29. The number of amides is 1. The number of halogens is 1. The molecule has 1 aliphatic heterocycles. The van der Waals surface area contributed by atoms with Crippen LogP contribution >= 0.6 is 11.6 Å². The maximum Gasteiger partial charge on any atom is 0.254 e. The van der Waals surface area contributed by atoms with E-state index >= 15 is 0 Å². The fraction of sp³-hybridized carbons (Fsp3) is 0.647. The van der Waals surface area contributed by atoms with E-state index in [-0.39, 0.29) is 5.91 Å². The molecule has 2 rings (SSSR count). The van der Waals surface area contributed by atoms with Crippen LogP contribution in [0.25, 0.3) is 0 Å². The van der Waals surface area contributed by atoms with Crippen molar-refractivity contribution >= 4 is 17.5 Å². The fourth-order valence-corrected chi connectivity index (χ4v) is 3.35. The van der Waals surface area contributed by atoms with Crippen LogP contribution in [0.3, 0.4) is 0 Å². The number of likely N-dealkylation sites (tertiary alicyclic amines) is 1. The molecule has 1 saturated heterocycles. The van der Waals surface area contributed by atoms with Gasteiger partial charge in [0.15, 0.2) is 0 Å². The molecule has 116 valence electrons. The van der Waals surface area contributed by atoms with Gasteiger partial charge in [-0.3, -0.25) is 4.79 Å². The van der Waals surface area contributed by atoms with Crippen molar-refractivity contribution in [1.82, 2.24) is 9.88 Å². The number of hydrogen-bond acceptors (Lipinski definition) is 2. The van der Waals surface area contributed by atoms with Crippen molar-refractivity contribution in [2.45, 2.75) is 64.8 Å². The molecule has 1 fully saturated rings. The minimum Gasteiger partial charge on any atom is -0.336 e. The van der Waals surface area contributed by atoms with Crippen LogP contribution < -0.4 is 0 Å². The van der Waals surface area contributed by atoms with Crippen molar-refractivity contribution in [3.8, 4) is 0 Å². The van der Waals surface area contributed by atoms with Crippen molar-refractivity contribution < 1.29 is 4.79 Å². The third kappa shape index (κ3) is 4.19. The van der Waals surface area contributed by atoms with E-state index in [1.165, 1.54) is 6.42 Å². The highest BCUT2D eigenvalue weighted by Gasteiger charge is 2.27. The second-order valence-corrected chi connectivity index (χ2v) is 6.24. The highest BCUT2D eigenvalue weighted by atomic mass is 35.5. The molecule has 0 saturated carbocycles. The second kappa shape index (κ2) is 7.79. The maximum atomic E-state index is 12.8. The Morgan fingerprint density at radius 1 is 1.33 bits per heavy atom.